The van der Waals surface area contributed by atoms with Gasteiger partial charge >= 0.3 is 0 Å². The number of anilines is 1. The van der Waals surface area contributed by atoms with Crippen molar-refractivity contribution in [1.82, 2.24) is 0 Å². The molecular formula is C16H15Cl2NO3. The van der Waals surface area contributed by atoms with Crippen LogP contribution in [0.4, 0.5) is 5.69 Å². The smallest absolute Gasteiger partial charge is 0.229 e. The zero-order valence-electron chi connectivity index (χ0n) is 12.2. The summed E-state index contributed by atoms with van der Waals surface area (Å²) < 4.78 is 10.4. The monoisotopic (exact) mass is 339 g/mol. The highest BCUT2D eigenvalue weighted by Crippen LogP contribution is 2.30. The highest BCUT2D eigenvalue weighted by Gasteiger charge is 2.13. The summed E-state index contributed by atoms with van der Waals surface area (Å²) in [6, 6.07) is 10.3. The molecule has 0 fully saturated rings. The van der Waals surface area contributed by atoms with E-state index in [1.165, 1.54) is 0 Å². The Morgan fingerprint density at radius 2 is 1.77 bits per heavy atom. The molecule has 4 nitrogen and oxygen atoms in total. The van der Waals surface area contributed by atoms with Gasteiger partial charge in [-0.3, -0.25) is 4.79 Å². The van der Waals surface area contributed by atoms with Crippen molar-refractivity contribution in [2.75, 3.05) is 19.5 Å². The molecular weight excluding hydrogens is 325 g/mol. The van der Waals surface area contributed by atoms with Crippen molar-refractivity contribution in [3.63, 3.8) is 0 Å². The lowest BCUT2D eigenvalue weighted by Gasteiger charge is -2.12. The number of carbonyl (C=O) groups excluding carboxylic acids is 1. The van der Waals surface area contributed by atoms with Gasteiger partial charge in [0.25, 0.3) is 0 Å². The standard InChI is InChI=1S/C16H15Cl2NO3/c1-21-11-7-6-10(14(9-11)22-2)8-15(20)19-16-12(17)4-3-5-13(16)18/h3-7,9H,8H2,1-2H3,(H,19,20). The Balaban J connectivity index is 2.16. The largest absolute Gasteiger partial charge is 0.497 e. The molecule has 6 heteroatoms. The number of carbonyl (C=O) groups is 1. The summed E-state index contributed by atoms with van der Waals surface area (Å²) >= 11 is 12.1. The van der Waals surface area contributed by atoms with E-state index >= 15 is 0 Å². The van der Waals surface area contributed by atoms with E-state index in [-0.39, 0.29) is 12.3 Å². The molecule has 0 aliphatic rings. The van der Waals surface area contributed by atoms with Gasteiger partial charge in [-0.2, -0.15) is 0 Å². The molecule has 0 saturated carbocycles. The van der Waals surface area contributed by atoms with E-state index in [0.717, 1.165) is 5.56 Å². The number of halogens is 2. The molecule has 0 unspecified atom stereocenters. The quantitative estimate of drug-likeness (QED) is 0.888. The first kappa shape index (κ1) is 16.5. The van der Waals surface area contributed by atoms with E-state index in [4.69, 9.17) is 32.7 Å². The number of hydrogen-bond donors (Lipinski definition) is 1. The maximum Gasteiger partial charge on any atom is 0.229 e. The van der Waals surface area contributed by atoms with Gasteiger partial charge < -0.3 is 14.8 Å². The Morgan fingerprint density at radius 1 is 1.09 bits per heavy atom. The lowest BCUT2D eigenvalue weighted by Crippen LogP contribution is -2.15. The Hall–Kier alpha value is -1.91. The third-order valence-corrected chi connectivity index (χ3v) is 3.70. The Labute approximate surface area is 138 Å². The first-order valence-corrected chi connectivity index (χ1v) is 7.25. The van der Waals surface area contributed by atoms with Gasteiger partial charge in [-0.05, 0) is 18.2 Å². The Morgan fingerprint density at radius 3 is 2.36 bits per heavy atom. The second kappa shape index (κ2) is 7.38. The van der Waals surface area contributed by atoms with Crippen molar-refractivity contribution < 1.29 is 14.3 Å². The highest BCUT2D eigenvalue weighted by molar-refractivity contribution is 6.39. The molecule has 0 saturated heterocycles. The van der Waals surface area contributed by atoms with Crippen molar-refractivity contribution >= 4 is 34.8 Å². The highest BCUT2D eigenvalue weighted by atomic mass is 35.5. The molecule has 116 valence electrons. The number of para-hydroxylation sites is 1. The van der Waals surface area contributed by atoms with Gasteiger partial charge in [0.15, 0.2) is 0 Å². The van der Waals surface area contributed by atoms with Crippen LogP contribution in [0.2, 0.25) is 10.0 Å². The van der Waals surface area contributed by atoms with E-state index in [1.807, 2.05) is 0 Å². The molecule has 2 rings (SSSR count). The lowest BCUT2D eigenvalue weighted by molar-refractivity contribution is -0.115. The van der Waals surface area contributed by atoms with Crippen LogP contribution in [0.1, 0.15) is 5.56 Å². The Kier molecular flexibility index (Phi) is 5.52. The van der Waals surface area contributed by atoms with E-state index in [2.05, 4.69) is 5.32 Å². The van der Waals surface area contributed by atoms with Crippen LogP contribution in [0.25, 0.3) is 0 Å². The number of hydrogen-bond acceptors (Lipinski definition) is 3. The predicted octanol–water partition coefficient (Wildman–Crippen LogP) is 4.19. The minimum atomic E-state index is -0.238. The van der Waals surface area contributed by atoms with Crippen molar-refractivity contribution in [2.24, 2.45) is 0 Å². The average Bonchev–Trinajstić information content (AvgIpc) is 2.51. The lowest BCUT2D eigenvalue weighted by atomic mass is 10.1. The molecule has 2 aromatic carbocycles. The van der Waals surface area contributed by atoms with Gasteiger partial charge in [0, 0.05) is 11.6 Å². The molecule has 0 radical (unpaired) electrons. The van der Waals surface area contributed by atoms with Crippen molar-refractivity contribution in [3.05, 3.63) is 52.0 Å². The zero-order chi connectivity index (χ0) is 16.1. The van der Waals surface area contributed by atoms with Gasteiger partial charge in [-0.15, -0.1) is 0 Å². The maximum absolute atomic E-state index is 12.2. The number of benzene rings is 2. The molecule has 1 N–H and O–H groups in total. The minimum absolute atomic E-state index is 0.134. The van der Waals surface area contributed by atoms with Gasteiger partial charge in [-0.1, -0.05) is 35.3 Å². The molecule has 1 amide bonds. The van der Waals surface area contributed by atoms with E-state index < -0.39 is 0 Å². The topological polar surface area (TPSA) is 47.6 Å². The van der Waals surface area contributed by atoms with Gasteiger partial charge in [0.05, 0.1) is 36.4 Å². The number of rotatable bonds is 5. The van der Waals surface area contributed by atoms with Crippen molar-refractivity contribution in [2.45, 2.75) is 6.42 Å². The zero-order valence-corrected chi connectivity index (χ0v) is 13.7. The van der Waals surface area contributed by atoms with Crippen molar-refractivity contribution in [3.8, 4) is 11.5 Å². The van der Waals surface area contributed by atoms with E-state index in [0.29, 0.717) is 27.2 Å². The summed E-state index contributed by atoms with van der Waals surface area (Å²) in [6.45, 7) is 0. The van der Waals surface area contributed by atoms with Crippen LogP contribution in [-0.4, -0.2) is 20.1 Å². The van der Waals surface area contributed by atoms with Gasteiger partial charge in [0.1, 0.15) is 11.5 Å². The third-order valence-electron chi connectivity index (χ3n) is 3.07. The molecule has 22 heavy (non-hydrogen) atoms. The van der Waals surface area contributed by atoms with Crippen LogP contribution in [-0.2, 0) is 11.2 Å². The summed E-state index contributed by atoms with van der Waals surface area (Å²) in [4.78, 5) is 12.2. The number of nitrogens with one attached hydrogen (secondary N) is 1. The summed E-state index contributed by atoms with van der Waals surface area (Å²) in [7, 11) is 3.11. The fourth-order valence-corrected chi connectivity index (χ4v) is 2.46. The molecule has 2 aromatic rings. The molecule has 0 aliphatic carbocycles. The number of ether oxygens (including phenoxy) is 2. The molecule has 0 heterocycles. The van der Waals surface area contributed by atoms with Crippen LogP contribution >= 0.6 is 23.2 Å². The second-order valence-corrected chi connectivity index (χ2v) is 5.31. The SMILES string of the molecule is COc1ccc(CC(=O)Nc2c(Cl)cccc2Cl)c(OC)c1. The first-order chi connectivity index (χ1) is 10.5. The molecule has 0 spiro atoms. The van der Waals surface area contributed by atoms with E-state index in [9.17, 15) is 4.79 Å². The molecule has 0 bridgehead atoms. The summed E-state index contributed by atoms with van der Waals surface area (Å²) in [5.41, 5.74) is 1.15. The molecule has 0 aliphatic heterocycles. The summed E-state index contributed by atoms with van der Waals surface area (Å²) in [5.74, 6) is 1.01. The van der Waals surface area contributed by atoms with Crippen LogP contribution in [0, 0.1) is 0 Å². The maximum atomic E-state index is 12.2. The summed E-state index contributed by atoms with van der Waals surface area (Å²) in [5, 5.41) is 3.50. The molecule has 0 aromatic heterocycles. The van der Waals surface area contributed by atoms with Crippen LogP contribution in [0.3, 0.4) is 0 Å². The Bertz CT molecular complexity index is 669. The first-order valence-electron chi connectivity index (χ1n) is 6.50. The predicted molar refractivity (Wildman–Crippen MR) is 88.3 cm³/mol. The van der Waals surface area contributed by atoms with E-state index in [1.54, 1.807) is 50.6 Å². The van der Waals surface area contributed by atoms with Crippen LogP contribution in [0.5, 0.6) is 11.5 Å². The second-order valence-electron chi connectivity index (χ2n) is 4.50. The summed E-state index contributed by atoms with van der Waals surface area (Å²) in [6.07, 6.45) is 0.134. The van der Waals surface area contributed by atoms with Gasteiger partial charge in [-0.25, -0.2) is 0 Å². The van der Waals surface area contributed by atoms with Crippen LogP contribution in [0.15, 0.2) is 36.4 Å². The average molecular weight is 340 g/mol. The van der Waals surface area contributed by atoms with Gasteiger partial charge in [0.2, 0.25) is 5.91 Å². The fraction of sp³-hybridized carbons (Fsp3) is 0.188. The number of methoxy groups -OCH3 is 2. The van der Waals surface area contributed by atoms with Crippen molar-refractivity contribution in [1.29, 1.82) is 0 Å². The fourth-order valence-electron chi connectivity index (χ4n) is 1.97. The third kappa shape index (κ3) is 3.84. The normalized spacial score (nSPS) is 10.2. The molecule has 0 atom stereocenters. The minimum Gasteiger partial charge on any atom is -0.497 e. The van der Waals surface area contributed by atoms with Crippen LogP contribution < -0.4 is 14.8 Å². The number of amides is 1.